The summed E-state index contributed by atoms with van der Waals surface area (Å²) >= 11 is 0. The average Bonchev–Trinajstić information content (AvgIpc) is 2.73. The Labute approximate surface area is 200 Å². The van der Waals surface area contributed by atoms with Gasteiger partial charge in [0.2, 0.25) is 0 Å². The van der Waals surface area contributed by atoms with Crippen LogP contribution in [0.3, 0.4) is 0 Å². The molecule has 2 aromatic rings. The molecule has 8 heteroatoms. The van der Waals surface area contributed by atoms with Crippen LogP contribution in [-0.4, -0.2) is 36.4 Å². The van der Waals surface area contributed by atoms with Gasteiger partial charge in [-0.3, -0.25) is 0 Å². The van der Waals surface area contributed by atoms with E-state index in [-0.39, 0.29) is 5.56 Å². The molecule has 7 nitrogen and oxygen atoms in total. The number of rotatable bonds is 10. The third-order valence-corrected chi connectivity index (χ3v) is 4.94. The Morgan fingerprint density at radius 1 is 1.06 bits per heavy atom. The summed E-state index contributed by atoms with van der Waals surface area (Å²) in [6.45, 7) is 11.5. The maximum absolute atomic E-state index is 14.1. The number of carboxylic acid groups (broad SMARTS) is 1. The minimum Gasteiger partial charge on any atom is -0.478 e. The standard InChI is InChI=1S/C26H33FN4O3/c1-17(2)15-30(16-18(3)4)23-11-10-20(19(5)12-25(32)33)13-24(23)31(26(28)34)29-14-21-8-6-7-9-22(21)27/h6-14,17-18H,15-16H2,1-5H3,(H2,28,34)(H,32,33)/b19-12+,29-14+. The number of nitrogens with two attached hydrogens (primary N) is 1. The van der Waals surface area contributed by atoms with Gasteiger partial charge < -0.3 is 15.7 Å². The van der Waals surface area contributed by atoms with E-state index >= 15 is 0 Å². The smallest absolute Gasteiger partial charge is 0.340 e. The molecule has 0 radical (unpaired) electrons. The number of allylic oxidation sites excluding steroid dienone is 1. The molecule has 0 aromatic heterocycles. The van der Waals surface area contributed by atoms with Crippen molar-refractivity contribution in [1.82, 2.24) is 0 Å². The molecule has 34 heavy (non-hydrogen) atoms. The van der Waals surface area contributed by atoms with Gasteiger partial charge in [0.25, 0.3) is 0 Å². The minimum atomic E-state index is -1.08. The monoisotopic (exact) mass is 468 g/mol. The lowest BCUT2D eigenvalue weighted by molar-refractivity contribution is -0.131. The average molecular weight is 469 g/mol. The van der Waals surface area contributed by atoms with Crippen molar-refractivity contribution in [3.63, 3.8) is 0 Å². The summed E-state index contributed by atoms with van der Waals surface area (Å²) in [7, 11) is 0. The highest BCUT2D eigenvalue weighted by Crippen LogP contribution is 2.34. The number of nitrogens with zero attached hydrogens (tertiary/aromatic N) is 3. The molecule has 0 fully saturated rings. The van der Waals surface area contributed by atoms with E-state index in [4.69, 9.17) is 10.8 Å². The molecule has 0 saturated carbocycles. The molecule has 0 heterocycles. The zero-order valence-corrected chi connectivity index (χ0v) is 20.3. The van der Waals surface area contributed by atoms with Crippen LogP contribution in [0.25, 0.3) is 5.57 Å². The van der Waals surface area contributed by atoms with Gasteiger partial charge >= 0.3 is 12.0 Å². The van der Waals surface area contributed by atoms with Crippen molar-refractivity contribution < 1.29 is 19.1 Å². The highest BCUT2D eigenvalue weighted by Gasteiger charge is 2.22. The van der Waals surface area contributed by atoms with Gasteiger partial charge in [0.05, 0.1) is 17.6 Å². The SMILES string of the molecule is C/C(=C\C(=O)O)c1ccc(N(CC(C)C)CC(C)C)c(N(/N=C/c2ccccc2F)C(N)=O)c1. The van der Waals surface area contributed by atoms with Crippen molar-refractivity contribution in [1.29, 1.82) is 0 Å². The Morgan fingerprint density at radius 2 is 1.68 bits per heavy atom. The molecule has 3 N–H and O–H groups in total. The Morgan fingerprint density at radius 3 is 2.21 bits per heavy atom. The lowest BCUT2D eigenvalue weighted by Gasteiger charge is -2.32. The highest BCUT2D eigenvalue weighted by molar-refractivity contribution is 5.98. The first kappa shape index (κ1) is 26.6. The van der Waals surface area contributed by atoms with Crippen LogP contribution in [-0.2, 0) is 4.79 Å². The Bertz CT molecular complexity index is 1070. The van der Waals surface area contributed by atoms with Crippen LogP contribution in [0.4, 0.5) is 20.6 Å². The summed E-state index contributed by atoms with van der Waals surface area (Å²) < 4.78 is 14.1. The quantitative estimate of drug-likeness (QED) is 0.279. The molecule has 0 bridgehead atoms. The lowest BCUT2D eigenvalue weighted by atomic mass is 10.0. The first-order valence-electron chi connectivity index (χ1n) is 11.2. The molecule has 0 spiro atoms. The number of carbonyl (C=O) groups is 2. The fourth-order valence-corrected chi connectivity index (χ4v) is 3.56. The van der Waals surface area contributed by atoms with Gasteiger partial charge in [-0.2, -0.15) is 10.1 Å². The lowest BCUT2D eigenvalue weighted by Crippen LogP contribution is -2.36. The molecular weight excluding hydrogens is 435 g/mol. The summed E-state index contributed by atoms with van der Waals surface area (Å²) in [5.41, 5.74) is 8.11. The van der Waals surface area contributed by atoms with Gasteiger partial charge in [-0.1, -0.05) is 52.0 Å². The van der Waals surface area contributed by atoms with Gasteiger partial charge in [0.15, 0.2) is 0 Å². The third-order valence-electron chi connectivity index (χ3n) is 4.94. The third kappa shape index (κ3) is 7.43. The fraction of sp³-hybridized carbons (Fsp3) is 0.346. The number of benzene rings is 2. The number of halogens is 1. The van der Waals surface area contributed by atoms with E-state index in [9.17, 15) is 14.0 Å². The number of amides is 2. The Kier molecular flexibility index (Phi) is 9.36. The van der Waals surface area contributed by atoms with E-state index in [0.29, 0.717) is 28.7 Å². The predicted octanol–water partition coefficient (Wildman–Crippen LogP) is 5.35. The number of hydrogen-bond donors (Lipinski definition) is 2. The van der Waals surface area contributed by atoms with Crippen molar-refractivity contribution in [2.75, 3.05) is 23.0 Å². The molecule has 0 unspecified atom stereocenters. The predicted molar refractivity (Wildman–Crippen MR) is 136 cm³/mol. The molecule has 2 aromatic carbocycles. The second kappa shape index (κ2) is 12.0. The number of carbonyl (C=O) groups excluding carboxylic acids is 1. The first-order chi connectivity index (χ1) is 16.0. The number of urea groups is 1. The molecule has 0 saturated heterocycles. The van der Waals surface area contributed by atoms with Crippen LogP contribution in [0.15, 0.2) is 53.6 Å². The number of anilines is 2. The zero-order chi connectivity index (χ0) is 25.4. The minimum absolute atomic E-state index is 0.203. The molecule has 0 atom stereocenters. The molecular formula is C26H33FN4O3. The molecule has 2 amide bonds. The van der Waals surface area contributed by atoms with Crippen LogP contribution in [0.2, 0.25) is 0 Å². The normalized spacial score (nSPS) is 11.9. The number of carboxylic acids is 1. The maximum atomic E-state index is 14.1. The largest absolute Gasteiger partial charge is 0.478 e. The van der Waals surface area contributed by atoms with E-state index in [1.165, 1.54) is 12.3 Å². The van der Waals surface area contributed by atoms with Crippen molar-refractivity contribution in [3.8, 4) is 0 Å². The van der Waals surface area contributed by atoms with Crippen LogP contribution in [0.5, 0.6) is 0 Å². The van der Waals surface area contributed by atoms with Gasteiger partial charge in [0, 0.05) is 24.7 Å². The number of hydrogen-bond acceptors (Lipinski definition) is 4. The van der Waals surface area contributed by atoms with Crippen molar-refractivity contribution in [2.24, 2.45) is 22.7 Å². The van der Waals surface area contributed by atoms with Crippen molar-refractivity contribution in [3.05, 3.63) is 65.5 Å². The fourth-order valence-electron chi connectivity index (χ4n) is 3.56. The van der Waals surface area contributed by atoms with Crippen LogP contribution < -0.4 is 15.6 Å². The highest BCUT2D eigenvalue weighted by atomic mass is 19.1. The number of primary amides is 1. The topological polar surface area (TPSA) is 99.2 Å². The van der Waals surface area contributed by atoms with Gasteiger partial charge in [-0.15, -0.1) is 0 Å². The van der Waals surface area contributed by atoms with Gasteiger partial charge in [-0.05, 0) is 48.1 Å². The summed E-state index contributed by atoms with van der Waals surface area (Å²) in [6.07, 6.45) is 2.34. The van der Waals surface area contributed by atoms with Crippen molar-refractivity contribution in [2.45, 2.75) is 34.6 Å². The zero-order valence-electron chi connectivity index (χ0n) is 20.3. The summed E-state index contributed by atoms with van der Waals surface area (Å²) in [4.78, 5) is 25.8. The van der Waals surface area contributed by atoms with Crippen LogP contribution >= 0.6 is 0 Å². The second-order valence-electron chi connectivity index (χ2n) is 8.98. The van der Waals surface area contributed by atoms with E-state index in [0.717, 1.165) is 29.9 Å². The molecule has 182 valence electrons. The van der Waals surface area contributed by atoms with Gasteiger partial charge in [-0.25, -0.2) is 14.0 Å². The van der Waals surface area contributed by atoms with E-state index in [2.05, 4.69) is 37.7 Å². The van der Waals surface area contributed by atoms with E-state index in [1.807, 2.05) is 6.07 Å². The maximum Gasteiger partial charge on any atom is 0.340 e. The Hall–Kier alpha value is -3.68. The van der Waals surface area contributed by atoms with Gasteiger partial charge in [0.1, 0.15) is 5.82 Å². The summed E-state index contributed by atoms with van der Waals surface area (Å²) in [5, 5.41) is 14.4. The number of aliphatic carboxylic acids is 1. The van der Waals surface area contributed by atoms with E-state index < -0.39 is 17.8 Å². The Balaban J connectivity index is 2.69. The summed E-state index contributed by atoms with van der Waals surface area (Å²) in [6, 6.07) is 10.5. The molecule has 2 rings (SSSR count). The second-order valence-corrected chi connectivity index (χ2v) is 8.98. The summed E-state index contributed by atoms with van der Waals surface area (Å²) in [5.74, 6) is -0.882. The molecule has 0 aliphatic heterocycles. The number of hydrazone groups is 1. The van der Waals surface area contributed by atoms with Crippen LogP contribution in [0.1, 0.15) is 45.7 Å². The van der Waals surface area contributed by atoms with Crippen LogP contribution in [0, 0.1) is 17.7 Å². The van der Waals surface area contributed by atoms with E-state index in [1.54, 1.807) is 37.3 Å². The van der Waals surface area contributed by atoms with Crippen molar-refractivity contribution >= 4 is 35.2 Å². The first-order valence-corrected chi connectivity index (χ1v) is 11.2. The molecule has 0 aliphatic carbocycles. The molecule has 0 aliphatic rings.